The van der Waals surface area contributed by atoms with Crippen LogP contribution in [0.1, 0.15) is 15.9 Å². The van der Waals surface area contributed by atoms with Crippen molar-refractivity contribution in [2.45, 2.75) is 6.54 Å². The lowest BCUT2D eigenvalue weighted by Crippen LogP contribution is -2.02. The van der Waals surface area contributed by atoms with Crippen molar-refractivity contribution < 1.29 is 9.53 Å². The third kappa shape index (κ3) is 2.42. The molecule has 1 heterocycles. The van der Waals surface area contributed by atoms with Crippen LogP contribution in [0.15, 0.2) is 66.9 Å². The molecule has 1 aromatic heterocycles. The summed E-state index contributed by atoms with van der Waals surface area (Å²) in [7, 11) is 1.39. The first-order chi connectivity index (χ1) is 11.8. The van der Waals surface area contributed by atoms with Gasteiger partial charge in [0, 0.05) is 10.8 Å². The summed E-state index contributed by atoms with van der Waals surface area (Å²) in [5, 5.41) is 7.70. The molecule has 4 heteroatoms. The van der Waals surface area contributed by atoms with E-state index in [2.05, 4.69) is 17.2 Å². The number of aromatic nitrogens is 2. The van der Waals surface area contributed by atoms with Crippen molar-refractivity contribution >= 4 is 27.6 Å². The molecule has 0 saturated heterocycles. The standard InChI is InChI=1S/C20H16N2O2/c1-24-20(23)16-9-10-18-15(11-16)7-8-17-12-21-22(19(17)18)13-14-5-3-2-4-6-14/h2-12H,13H2,1H3. The minimum absolute atomic E-state index is 0.324. The van der Waals surface area contributed by atoms with Gasteiger partial charge in [-0.05, 0) is 23.1 Å². The SMILES string of the molecule is COC(=O)c1ccc2c(ccc3cnn(Cc4ccccc4)c32)c1. The molecule has 0 spiro atoms. The molecular weight excluding hydrogens is 300 g/mol. The molecule has 0 aliphatic carbocycles. The highest BCUT2D eigenvalue weighted by Crippen LogP contribution is 2.27. The Morgan fingerprint density at radius 2 is 1.83 bits per heavy atom. The first kappa shape index (κ1) is 14.5. The van der Waals surface area contributed by atoms with Gasteiger partial charge in [0.05, 0.1) is 30.9 Å². The predicted molar refractivity (Wildman–Crippen MR) is 94.1 cm³/mol. The zero-order valence-electron chi connectivity index (χ0n) is 13.3. The van der Waals surface area contributed by atoms with E-state index in [4.69, 9.17) is 4.74 Å². The summed E-state index contributed by atoms with van der Waals surface area (Å²) in [6.45, 7) is 0.711. The molecule has 0 aliphatic heterocycles. The van der Waals surface area contributed by atoms with Gasteiger partial charge in [-0.15, -0.1) is 0 Å². The van der Waals surface area contributed by atoms with E-state index >= 15 is 0 Å². The van der Waals surface area contributed by atoms with Crippen LogP contribution in [0.4, 0.5) is 0 Å². The van der Waals surface area contributed by atoms with Gasteiger partial charge in [0.25, 0.3) is 0 Å². The molecule has 0 radical (unpaired) electrons. The molecule has 0 aliphatic rings. The van der Waals surface area contributed by atoms with Crippen molar-refractivity contribution in [3.05, 3.63) is 78.0 Å². The van der Waals surface area contributed by atoms with Crippen molar-refractivity contribution in [2.24, 2.45) is 0 Å². The van der Waals surface area contributed by atoms with E-state index in [9.17, 15) is 4.79 Å². The van der Waals surface area contributed by atoms with E-state index in [1.54, 1.807) is 6.07 Å². The molecule has 0 bridgehead atoms. The Kier molecular flexibility index (Phi) is 3.50. The van der Waals surface area contributed by atoms with E-state index in [0.29, 0.717) is 12.1 Å². The van der Waals surface area contributed by atoms with Crippen LogP contribution in [0.3, 0.4) is 0 Å². The normalized spacial score (nSPS) is 11.0. The van der Waals surface area contributed by atoms with Gasteiger partial charge in [0.1, 0.15) is 0 Å². The number of ether oxygens (including phenoxy) is 1. The van der Waals surface area contributed by atoms with Crippen LogP contribution in [0.25, 0.3) is 21.7 Å². The van der Waals surface area contributed by atoms with Crippen molar-refractivity contribution in [3.63, 3.8) is 0 Å². The third-order valence-electron chi connectivity index (χ3n) is 4.21. The summed E-state index contributed by atoms with van der Waals surface area (Å²) >= 11 is 0. The largest absolute Gasteiger partial charge is 0.465 e. The zero-order valence-corrected chi connectivity index (χ0v) is 13.3. The van der Waals surface area contributed by atoms with E-state index in [-0.39, 0.29) is 5.97 Å². The topological polar surface area (TPSA) is 44.1 Å². The van der Waals surface area contributed by atoms with Gasteiger partial charge >= 0.3 is 5.97 Å². The number of carbonyl (C=O) groups is 1. The number of methoxy groups -OCH3 is 1. The Hall–Kier alpha value is -3.14. The summed E-state index contributed by atoms with van der Waals surface area (Å²) in [6, 6.07) is 19.9. The first-order valence-corrected chi connectivity index (χ1v) is 7.77. The van der Waals surface area contributed by atoms with Crippen molar-refractivity contribution in [2.75, 3.05) is 7.11 Å². The van der Waals surface area contributed by atoms with Crippen molar-refractivity contribution in [3.8, 4) is 0 Å². The zero-order chi connectivity index (χ0) is 16.5. The Morgan fingerprint density at radius 1 is 1.04 bits per heavy atom. The van der Waals surface area contributed by atoms with Crippen LogP contribution >= 0.6 is 0 Å². The summed E-state index contributed by atoms with van der Waals surface area (Å²) in [5.74, 6) is -0.324. The minimum atomic E-state index is -0.324. The minimum Gasteiger partial charge on any atom is -0.465 e. The van der Waals surface area contributed by atoms with Gasteiger partial charge in [-0.2, -0.15) is 5.10 Å². The quantitative estimate of drug-likeness (QED) is 0.536. The molecule has 24 heavy (non-hydrogen) atoms. The van der Waals surface area contributed by atoms with Crippen molar-refractivity contribution in [1.29, 1.82) is 0 Å². The van der Waals surface area contributed by atoms with Crippen LogP contribution in [-0.2, 0) is 11.3 Å². The van der Waals surface area contributed by atoms with E-state index in [1.165, 1.54) is 12.7 Å². The lowest BCUT2D eigenvalue weighted by Gasteiger charge is -2.08. The number of carbonyl (C=O) groups excluding carboxylic acids is 1. The molecule has 118 valence electrons. The van der Waals surface area contributed by atoms with Crippen LogP contribution in [0.5, 0.6) is 0 Å². The van der Waals surface area contributed by atoms with Crippen LogP contribution in [-0.4, -0.2) is 22.9 Å². The smallest absolute Gasteiger partial charge is 0.337 e. The molecule has 0 atom stereocenters. The average molecular weight is 316 g/mol. The van der Waals surface area contributed by atoms with E-state index < -0.39 is 0 Å². The average Bonchev–Trinajstić information content (AvgIpc) is 3.04. The van der Waals surface area contributed by atoms with Crippen molar-refractivity contribution in [1.82, 2.24) is 9.78 Å². The molecule has 4 aromatic rings. The summed E-state index contributed by atoms with van der Waals surface area (Å²) in [4.78, 5) is 11.7. The second-order valence-corrected chi connectivity index (χ2v) is 5.72. The fourth-order valence-corrected chi connectivity index (χ4v) is 3.03. The number of esters is 1. The highest BCUT2D eigenvalue weighted by molar-refractivity contribution is 6.07. The van der Waals surface area contributed by atoms with Gasteiger partial charge in [-0.1, -0.05) is 48.5 Å². The second kappa shape index (κ2) is 5.81. The fraction of sp³-hybridized carbons (Fsp3) is 0.100. The predicted octanol–water partition coefficient (Wildman–Crippen LogP) is 4.02. The molecule has 0 N–H and O–H groups in total. The fourth-order valence-electron chi connectivity index (χ4n) is 3.03. The maximum Gasteiger partial charge on any atom is 0.337 e. The summed E-state index contributed by atoms with van der Waals surface area (Å²) in [6.07, 6.45) is 1.88. The maximum atomic E-state index is 11.7. The van der Waals surface area contributed by atoms with Crippen LogP contribution in [0, 0.1) is 0 Å². The van der Waals surface area contributed by atoms with Gasteiger partial charge in [0.15, 0.2) is 0 Å². The molecule has 4 nitrogen and oxygen atoms in total. The number of fused-ring (bicyclic) bond motifs is 3. The lowest BCUT2D eigenvalue weighted by atomic mass is 10.0. The summed E-state index contributed by atoms with van der Waals surface area (Å²) in [5.41, 5.74) is 2.83. The summed E-state index contributed by atoms with van der Waals surface area (Å²) < 4.78 is 6.81. The van der Waals surface area contributed by atoms with Crippen LogP contribution < -0.4 is 0 Å². The molecule has 3 aromatic carbocycles. The Bertz CT molecular complexity index is 1040. The monoisotopic (exact) mass is 316 g/mol. The molecule has 4 rings (SSSR count). The highest BCUT2D eigenvalue weighted by atomic mass is 16.5. The molecule has 0 saturated carbocycles. The maximum absolute atomic E-state index is 11.7. The number of benzene rings is 3. The Balaban J connectivity index is 1.87. The molecule has 0 amide bonds. The van der Waals surface area contributed by atoms with Crippen LogP contribution in [0.2, 0.25) is 0 Å². The third-order valence-corrected chi connectivity index (χ3v) is 4.21. The first-order valence-electron chi connectivity index (χ1n) is 7.77. The Morgan fingerprint density at radius 3 is 2.62 bits per heavy atom. The highest BCUT2D eigenvalue weighted by Gasteiger charge is 2.11. The number of nitrogens with zero attached hydrogens (tertiary/aromatic N) is 2. The Labute approximate surface area is 139 Å². The lowest BCUT2D eigenvalue weighted by molar-refractivity contribution is 0.0601. The van der Waals surface area contributed by atoms with Gasteiger partial charge in [-0.25, -0.2) is 4.79 Å². The molecule has 0 fully saturated rings. The van der Waals surface area contributed by atoms with E-state index in [1.807, 2.05) is 53.3 Å². The number of rotatable bonds is 3. The number of hydrogen-bond acceptors (Lipinski definition) is 3. The second-order valence-electron chi connectivity index (χ2n) is 5.72. The number of hydrogen-bond donors (Lipinski definition) is 0. The van der Waals surface area contributed by atoms with Gasteiger partial charge < -0.3 is 4.74 Å². The van der Waals surface area contributed by atoms with Gasteiger partial charge in [-0.3, -0.25) is 4.68 Å². The molecule has 0 unspecified atom stereocenters. The molecular formula is C20H16N2O2. The van der Waals surface area contributed by atoms with Gasteiger partial charge in [0.2, 0.25) is 0 Å². The van der Waals surface area contributed by atoms with E-state index in [0.717, 1.165) is 21.7 Å².